The zero-order chi connectivity index (χ0) is 27.6. The van der Waals surface area contributed by atoms with Gasteiger partial charge in [-0.2, -0.15) is 0 Å². The molecule has 38 heavy (non-hydrogen) atoms. The molecule has 0 spiro atoms. The van der Waals surface area contributed by atoms with Gasteiger partial charge in [0.2, 0.25) is 0 Å². The number of halogens is 2. The number of fused-ring (bicyclic) bond motifs is 1. The predicted octanol–water partition coefficient (Wildman–Crippen LogP) is 4.40. The number of benzene rings is 1. The average molecular weight is 524 g/mol. The number of hydrogen-bond acceptors (Lipinski definition) is 8. The van der Waals surface area contributed by atoms with Crippen LogP contribution in [-0.4, -0.2) is 48.5 Å². The number of urea groups is 1. The summed E-state index contributed by atoms with van der Waals surface area (Å²) in [5, 5.41) is 0. The van der Waals surface area contributed by atoms with Crippen molar-refractivity contribution in [2.75, 3.05) is 31.1 Å². The second-order valence-corrected chi connectivity index (χ2v) is 8.36. The molecule has 2 amide bonds. The molecule has 0 fully saturated rings. The van der Waals surface area contributed by atoms with Gasteiger partial charge in [0.1, 0.15) is 5.69 Å². The Morgan fingerprint density at radius 2 is 1.79 bits per heavy atom. The van der Waals surface area contributed by atoms with E-state index in [4.69, 9.17) is 15.2 Å². The number of nitrogens with zero attached hydrogens (tertiary/aromatic N) is 6. The first-order chi connectivity index (χ1) is 18.2. The zero-order valence-corrected chi connectivity index (χ0v) is 21.6. The van der Waals surface area contributed by atoms with Crippen molar-refractivity contribution in [2.24, 2.45) is 10.7 Å². The first kappa shape index (κ1) is 26.5. The maximum absolute atomic E-state index is 15.4. The zero-order valence-electron chi connectivity index (χ0n) is 21.6. The highest BCUT2D eigenvalue weighted by atomic mass is 19.1. The number of rotatable bonds is 7. The molecule has 3 aromatic rings. The molecule has 2 N–H and O–H groups in total. The SMILES string of the molecule is CCc1cnc(N2C(=O)N(c3c(F)c(OC)cc(OC)c3F)Cc3cnc(C(C=NC)=C(C)N)cc32)cn1. The fourth-order valence-corrected chi connectivity index (χ4v) is 4.06. The van der Waals surface area contributed by atoms with Crippen LogP contribution in [0.1, 0.15) is 30.8 Å². The van der Waals surface area contributed by atoms with Crippen LogP contribution < -0.4 is 25.0 Å². The number of allylic oxidation sites excluding steroid dienone is 2. The molecule has 0 bridgehead atoms. The summed E-state index contributed by atoms with van der Waals surface area (Å²) in [6.07, 6.45) is 6.69. The van der Waals surface area contributed by atoms with Crippen LogP contribution in [-0.2, 0) is 13.0 Å². The lowest BCUT2D eigenvalue weighted by Gasteiger charge is -2.36. The van der Waals surface area contributed by atoms with Gasteiger partial charge in [0.25, 0.3) is 0 Å². The minimum atomic E-state index is -1.05. The number of amides is 2. The lowest BCUT2D eigenvalue weighted by Crippen LogP contribution is -2.46. The average Bonchev–Trinajstić information content (AvgIpc) is 2.92. The standard InChI is InChI=1S/C26H27F2N7O3/c1-6-16-10-33-22(12-31-16)35-19-7-18(17(11-30-3)14(2)29)32-9-15(19)13-34(26(35)36)25-23(27)20(37-4)8-21(38-5)24(25)28/h7-12H,6,13,29H2,1-5H3. The van der Waals surface area contributed by atoms with Gasteiger partial charge in [-0.05, 0) is 19.4 Å². The molecule has 12 heteroatoms. The number of carbonyl (C=O) groups is 1. The van der Waals surface area contributed by atoms with Crippen LogP contribution in [0.15, 0.2) is 41.4 Å². The highest BCUT2D eigenvalue weighted by Gasteiger charge is 2.38. The third-order valence-electron chi connectivity index (χ3n) is 6.02. The number of aryl methyl sites for hydroxylation is 1. The van der Waals surface area contributed by atoms with Gasteiger partial charge in [-0.3, -0.25) is 19.9 Å². The summed E-state index contributed by atoms with van der Waals surface area (Å²) in [5.74, 6) is -2.51. The van der Waals surface area contributed by atoms with Gasteiger partial charge >= 0.3 is 6.03 Å². The molecule has 0 saturated carbocycles. The highest BCUT2D eigenvalue weighted by molar-refractivity contribution is 6.13. The van der Waals surface area contributed by atoms with Crippen molar-refractivity contribution in [2.45, 2.75) is 26.8 Å². The molecule has 0 radical (unpaired) electrons. The van der Waals surface area contributed by atoms with E-state index in [1.807, 2.05) is 6.92 Å². The van der Waals surface area contributed by atoms with Crippen molar-refractivity contribution in [3.8, 4) is 11.5 Å². The van der Waals surface area contributed by atoms with E-state index in [1.165, 1.54) is 37.7 Å². The van der Waals surface area contributed by atoms with Gasteiger partial charge in [0, 0.05) is 42.4 Å². The van der Waals surface area contributed by atoms with Crippen LogP contribution in [0, 0.1) is 11.6 Å². The number of anilines is 3. The van der Waals surface area contributed by atoms with Crippen LogP contribution in [0.4, 0.5) is 30.8 Å². The number of ether oxygens (including phenoxy) is 2. The number of aliphatic imine (C=N–C) groups is 1. The maximum Gasteiger partial charge on any atom is 0.335 e. The molecule has 0 unspecified atom stereocenters. The first-order valence-electron chi connectivity index (χ1n) is 11.7. The molecule has 1 aliphatic rings. The predicted molar refractivity (Wildman–Crippen MR) is 140 cm³/mol. The summed E-state index contributed by atoms with van der Waals surface area (Å²) in [5.41, 5.74) is 8.54. The van der Waals surface area contributed by atoms with Crippen LogP contribution in [0.3, 0.4) is 0 Å². The number of methoxy groups -OCH3 is 2. The van der Waals surface area contributed by atoms with E-state index in [0.717, 1.165) is 11.0 Å². The van der Waals surface area contributed by atoms with Crippen LogP contribution >= 0.6 is 0 Å². The Hall–Kier alpha value is -4.61. The minimum Gasteiger partial charge on any atom is -0.493 e. The summed E-state index contributed by atoms with van der Waals surface area (Å²) >= 11 is 0. The molecule has 3 heterocycles. The van der Waals surface area contributed by atoms with Crippen LogP contribution in [0.2, 0.25) is 0 Å². The van der Waals surface area contributed by atoms with E-state index in [1.54, 1.807) is 26.3 Å². The van der Waals surface area contributed by atoms with Crippen molar-refractivity contribution in [1.29, 1.82) is 0 Å². The second-order valence-electron chi connectivity index (χ2n) is 8.36. The van der Waals surface area contributed by atoms with E-state index in [9.17, 15) is 4.79 Å². The highest BCUT2D eigenvalue weighted by Crippen LogP contribution is 2.42. The lowest BCUT2D eigenvalue weighted by molar-refractivity contribution is 0.251. The van der Waals surface area contributed by atoms with Crippen molar-refractivity contribution >= 4 is 35.0 Å². The molecule has 10 nitrogen and oxygen atoms in total. The Kier molecular flexibility index (Phi) is 7.51. The van der Waals surface area contributed by atoms with Crippen molar-refractivity contribution < 1.29 is 23.0 Å². The maximum atomic E-state index is 15.4. The van der Waals surface area contributed by atoms with Gasteiger partial charge in [0.05, 0.1) is 50.2 Å². The van der Waals surface area contributed by atoms with E-state index in [0.29, 0.717) is 40.3 Å². The smallest absolute Gasteiger partial charge is 0.335 e. The monoisotopic (exact) mass is 523 g/mol. The Morgan fingerprint density at radius 3 is 2.32 bits per heavy atom. The fourth-order valence-electron chi connectivity index (χ4n) is 4.06. The van der Waals surface area contributed by atoms with Crippen molar-refractivity contribution in [1.82, 2.24) is 15.0 Å². The molecule has 4 rings (SSSR count). The molecular weight excluding hydrogens is 496 g/mol. The quantitative estimate of drug-likeness (QED) is 0.456. The van der Waals surface area contributed by atoms with Crippen LogP contribution in [0.5, 0.6) is 11.5 Å². The van der Waals surface area contributed by atoms with Gasteiger partial charge in [-0.15, -0.1) is 0 Å². The Bertz CT molecular complexity index is 1410. The molecule has 0 atom stereocenters. The summed E-state index contributed by atoms with van der Waals surface area (Å²) in [6, 6.07) is 1.97. The number of nitrogens with two attached hydrogens (primary N) is 1. The molecule has 198 valence electrons. The minimum absolute atomic E-state index is 0.158. The van der Waals surface area contributed by atoms with Gasteiger partial charge < -0.3 is 15.2 Å². The molecule has 0 saturated heterocycles. The van der Waals surface area contributed by atoms with Crippen LogP contribution in [0.25, 0.3) is 5.57 Å². The van der Waals surface area contributed by atoms with Gasteiger partial charge in [0.15, 0.2) is 29.0 Å². The lowest BCUT2D eigenvalue weighted by atomic mass is 10.1. The Labute approximate surface area is 218 Å². The topological polar surface area (TPSA) is 119 Å². The number of pyridine rings is 1. The molecule has 0 aliphatic carbocycles. The molecule has 1 aliphatic heterocycles. The molecule has 2 aromatic heterocycles. The Morgan fingerprint density at radius 1 is 1.11 bits per heavy atom. The van der Waals surface area contributed by atoms with Gasteiger partial charge in [-0.25, -0.2) is 23.5 Å². The van der Waals surface area contributed by atoms with Gasteiger partial charge in [-0.1, -0.05) is 6.92 Å². The summed E-state index contributed by atoms with van der Waals surface area (Å²) in [6.45, 7) is 3.44. The summed E-state index contributed by atoms with van der Waals surface area (Å²) in [7, 11) is 4.07. The number of hydrogen-bond donors (Lipinski definition) is 1. The van der Waals surface area contributed by atoms with E-state index < -0.39 is 23.4 Å². The first-order valence-corrected chi connectivity index (χ1v) is 11.7. The van der Waals surface area contributed by atoms with E-state index in [2.05, 4.69) is 19.9 Å². The third kappa shape index (κ3) is 4.60. The van der Waals surface area contributed by atoms with Crippen molar-refractivity contribution in [3.63, 3.8) is 0 Å². The number of carbonyl (C=O) groups excluding carboxylic acids is 1. The van der Waals surface area contributed by atoms with E-state index >= 15 is 8.78 Å². The summed E-state index contributed by atoms with van der Waals surface area (Å²) in [4.78, 5) is 33.4. The molecular formula is C26H27F2N7O3. The normalized spacial score (nSPS) is 14.0. The van der Waals surface area contributed by atoms with E-state index in [-0.39, 0.29) is 23.9 Å². The number of aromatic nitrogens is 3. The summed E-state index contributed by atoms with van der Waals surface area (Å²) < 4.78 is 41.0. The third-order valence-corrected chi connectivity index (χ3v) is 6.02. The van der Waals surface area contributed by atoms with Crippen molar-refractivity contribution in [3.05, 3.63) is 65.0 Å². The fraction of sp³-hybridized carbons (Fsp3) is 0.269. The Balaban J connectivity index is 1.96. The second kappa shape index (κ2) is 10.8. The molecule has 1 aromatic carbocycles. The largest absolute Gasteiger partial charge is 0.493 e.